The third kappa shape index (κ3) is 6.06. The topological polar surface area (TPSA) is 56.7 Å². The van der Waals surface area contributed by atoms with Gasteiger partial charge in [-0.25, -0.2) is 15.0 Å². The lowest BCUT2D eigenvalue weighted by molar-refractivity contribution is 0.671. The average Bonchev–Trinajstić information content (AvgIpc) is 3.91. The highest BCUT2D eigenvalue weighted by Gasteiger charge is 2.23. The van der Waals surface area contributed by atoms with Crippen molar-refractivity contribution in [3.05, 3.63) is 218 Å². The molecule has 0 aliphatic rings. The Hall–Kier alpha value is -8.41. The Labute approximate surface area is 357 Å². The normalized spacial score (nSPS) is 11.5. The molecule has 62 heavy (non-hydrogen) atoms. The van der Waals surface area contributed by atoms with Crippen molar-refractivity contribution >= 4 is 43.7 Å². The Kier molecular flexibility index (Phi) is 8.42. The minimum Gasteiger partial charge on any atom is -0.454 e. The van der Waals surface area contributed by atoms with Crippen molar-refractivity contribution < 1.29 is 4.42 Å². The third-order valence-corrected chi connectivity index (χ3v) is 11.8. The number of fused-ring (bicyclic) bond motifs is 7. The van der Waals surface area contributed by atoms with Crippen molar-refractivity contribution in [2.45, 2.75) is 0 Å². The van der Waals surface area contributed by atoms with Gasteiger partial charge in [-0.3, -0.25) is 0 Å². The maximum atomic E-state index is 6.80. The molecule has 0 radical (unpaired) electrons. The molecule has 0 fully saturated rings. The average molecular weight is 793 g/mol. The molecule has 12 rings (SSSR count). The van der Waals surface area contributed by atoms with Crippen LogP contribution in [0.3, 0.4) is 0 Å². The predicted molar refractivity (Wildman–Crippen MR) is 254 cm³/mol. The van der Waals surface area contributed by atoms with Gasteiger partial charge in [-0.15, -0.1) is 0 Å². The molecule has 0 bridgehead atoms. The van der Waals surface area contributed by atoms with E-state index in [9.17, 15) is 0 Å². The molecule has 290 valence electrons. The third-order valence-electron chi connectivity index (χ3n) is 11.8. The Morgan fingerprint density at radius 3 is 1.42 bits per heavy atom. The summed E-state index contributed by atoms with van der Waals surface area (Å²) in [6.07, 6.45) is 0. The van der Waals surface area contributed by atoms with Crippen LogP contribution < -0.4 is 0 Å². The smallest absolute Gasteiger partial charge is 0.166 e. The van der Waals surface area contributed by atoms with Gasteiger partial charge < -0.3 is 8.98 Å². The zero-order chi connectivity index (χ0) is 41.0. The number of furan rings is 1. The fraction of sp³-hybridized carbons (Fsp3) is 0. The van der Waals surface area contributed by atoms with Gasteiger partial charge in [0.1, 0.15) is 5.58 Å². The van der Waals surface area contributed by atoms with Crippen molar-refractivity contribution in [1.29, 1.82) is 0 Å². The van der Waals surface area contributed by atoms with E-state index in [4.69, 9.17) is 19.4 Å². The monoisotopic (exact) mass is 792 g/mol. The Morgan fingerprint density at radius 1 is 0.323 bits per heavy atom. The Morgan fingerprint density at radius 2 is 0.806 bits per heavy atom. The summed E-state index contributed by atoms with van der Waals surface area (Å²) in [5.41, 5.74) is 14.1. The van der Waals surface area contributed by atoms with Crippen LogP contribution in [0, 0.1) is 0 Å². The van der Waals surface area contributed by atoms with Crippen molar-refractivity contribution in [3.63, 3.8) is 0 Å². The maximum Gasteiger partial charge on any atom is 0.166 e. The van der Waals surface area contributed by atoms with Gasteiger partial charge in [-0.1, -0.05) is 170 Å². The van der Waals surface area contributed by atoms with Gasteiger partial charge in [-0.2, -0.15) is 0 Å². The predicted octanol–water partition coefficient (Wildman–Crippen LogP) is 14.9. The number of hydrogen-bond donors (Lipinski definition) is 0. The molecule has 5 nitrogen and oxygen atoms in total. The van der Waals surface area contributed by atoms with Gasteiger partial charge in [-0.05, 0) is 81.9 Å². The quantitative estimate of drug-likeness (QED) is 0.161. The first-order chi connectivity index (χ1) is 30.7. The van der Waals surface area contributed by atoms with Crippen molar-refractivity contribution in [2.24, 2.45) is 0 Å². The second-order valence-electron chi connectivity index (χ2n) is 15.6. The van der Waals surface area contributed by atoms with E-state index < -0.39 is 0 Å². The summed E-state index contributed by atoms with van der Waals surface area (Å²) in [7, 11) is 0. The van der Waals surface area contributed by atoms with Crippen LogP contribution >= 0.6 is 0 Å². The molecule has 0 spiro atoms. The van der Waals surface area contributed by atoms with Crippen LogP contribution in [0.25, 0.3) is 117 Å². The maximum absolute atomic E-state index is 6.80. The van der Waals surface area contributed by atoms with Gasteiger partial charge in [0.2, 0.25) is 0 Å². The highest BCUT2D eigenvalue weighted by molar-refractivity contribution is 6.21. The van der Waals surface area contributed by atoms with E-state index in [0.29, 0.717) is 17.5 Å². The largest absolute Gasteiger partial charge is 0.454 e. The first-order valence-electron chi connectivity index (χ1n) is 20.8. The summed E-state index contributed by atoms with van der Waals surface area (Å²) in [4.78, 5) is 15.8. The van der Waals surface area contributed by atoms with Gasteiger partial charge in [0.05, 0.1) is 16.7 Å². The van der Waals surface area contributed by atoms with Crippen LogP contribution in [0.4, 0.5) is 0 Å². The minimum atomic E-state index is 0.569. The van der Waals surface area contributed by atoms with Crippen molar-refractivity contribution in [1.82, 2.24) is 19.5 Å². The first kappa shape index (κ1) is 35.5. The summed E-state index contributed by atoms with van der Waals surface area (Å²) in [6.45, 7) is 0. The Balaban J connectivity index is 1.18. The lowest BCUT2D eigenvalue weighted by Gasteiger charge is -2.17. The summed E-state index contributed by atoms with van der Waals surface area (Å²) < 4.78 is 9.14. The number of hydrogen-bond acceptors (Lipinski definition) is 4. The molecule has 12 aromatic rings. The lowest BCUT2D eigenvalue weighted by Crippen LogP contribution is -2.04. The van der Waals surface area contributed by atoms with Crippen molar-refractivity contribution in [3.8, 4) is 73.2 Å². The number of rotatable bonds is 7. The van der Waals surface area contributed by atoms with Crippen LogP contribution in [-0.2, 0) is 0 Å². The first-order valence-corrected chi connectivity index (χ1v) is 20.8. The molecule has 0 aliphatic heterocycles. The van der Waals surface area contributed by atoms with E-state index in [1.807, 2.05) is 48.5 Å². The number of para-hydroxylation sites is 2. The van der Waals surface area contributed by atoms with Crippen molar-refractivity contribution in [2.75, 3.05) is 0 Å². The van der Waals surface area contributed by atoms with Crippen LogP contribution in [-0.4, -0.2) is 19.5 Å². The number of nitrogens with zero attached hydrogens (tertiary/aromatic N) is 4. The fourth-order valence-electron chi connectivity index (χ4n) is 8.89. The van der Waals surface area contributed by atoms with E-state index in [-0.39, 0.29) is 0 Å². The molecular formula is C57H36N4O. The molecular weight excluding hydrogens is 757 g/mol. The fourth-order valence-corrected chi connectivity index (χ4v) is 8.89. The van der Waals surface area contributed by atoms with Crippen LogP contribution in [0.2, 0.25) is 0 Å². The minimum absolute atomic E-state index is 0.569. The van der Waals surface area contributed by atoms with Crippen LogP contribution in [0.1, 0.15) is 0 Å². The van der Waals surface area contributed by atoms with E-state index in [2.05, 4.69) is 174 Å². The highest BCUT2D eigenvalue weighted by atomic mass is 16.3. The summed E-state index contributed by atoms with van der Waals surface area (Å²) in [5.74, 6) is 1.77. The number of benzene rings is 9. The molecule has 0 saturated carbocycles. The van der Waals surface area contributed by atoms with Crippen LogP contribution in [0.15, 0.2) is 223 Å². The second kappa shape index (κ2) is 14.7. The zero-order valence-corrected chi connectivity index (χ0v) is 33.5. The molecule has 0 aliphatic carbocycles. The molecule has 5 heteroatoms. The lowest BCUT2D eigenvalue weighted by atomic mass is 9.92. The summed E-state index contributed by atoms with van der Waals surface area (Å²) in [6, 6.07) is 76.4. The van der Waals surface area contributed by atoms with Crippen LogP contribution in [0.5, 0.6) is 0 Å². The van der Waals surface area contributed by atoms with E-state index in [0.717, 1.165) is 99.5 Å². The number of aromatic nitrogens is 4. The molecule has 3 heterocycles. The molecule has 0 N–H and O–H groups in total. The van der Waals surface area contributed by atoms with Gasteiger partial charge in [0.15, 0.2) is 23.1 Å². The van der Waals surface area contributed by atoms with Gasteiger partial charge in [0, 0.05) is 38.2 Å². The van der Waals surface area contributed by atoms with E-state index >= 15 is 0 Å². The highest BCUT2D eigenvalue weighted by Crippen LogP contribution is 2.43. The zero-order valence-electron chi connectivity index (χ0n) is 33.5. The molecule has 0 amide bonds. The molecule has 0 saturated heterocycles. The van der Waals surface area contributed by atoms with E-state index in [1.54, 1.807) is 0 Å². The summed E-state index contributed by atoms with van der Waals surface area (Å²) >= 11 is 0. The Bertz CT molecular complexity index is 3500. The SMILES string of the molecule is c1ccc(-c2cc(-c3ccccc3)cc(-c3ccc(-n4c5ccccc5c5ccc6c7ccccc7oc6c54)c(-c4nc(-c5ccccc5)nc(-c5ccccc5)n4)c3)c2)cc1. The standard InChI is InChI=1S/C57H36N4O/c1-5-17-37(18-6-1)42-33-43(38-19-7-2-8-20-38)35-44(34-42)41-29-32-51(49(36-41)57-59-55(39-21-9-3-10-22-39)58-56(60-57)40-23-11-4-12-24-40)61-50-27-15-13-25-45(50)47-30-31-48-46-26-14-16-28-52(46)62-54(48)53(47)61/h1-36H. The molecule has 0 atom stereocenters. The van der Waals surface area contributed by atoms with Gasteiger partial charge in [0.25, 0.3) is 0 Å². The molecule has 0 unspecified atom stereocenters. The van der Waals surface area contributed by atoms with Gasteiger partial charge >= 0.3 is 0 Å². The van der Waals surface area contributed by atoms with E-state index in [1.165, 1.54) is 0 Å². The molecule has 9 aromatic carbocycles. The summed E-state index contributed by atoms with van der Waals surface area (Å²) in [5, 5.41) is 4.39. The second-order valence-corrected chi connectivity index (χ2v) is 15.6. The molecule has 3 aromatic heterocycles.